The van der Waals surface area contributed by atoms with E-state index in [0.717, 1.165) is 38.8 Å². The van der Waals surface area contributed by atoms with Gasteiger partial charge in [-0.15, -0.1) is 0 Å². The molecule has 4 heteroatoms. The first-order valence-electron chi connectivity index (χ1n) is 11.6. The summed E-state index contributed by atoms with van der Waals surface area (Å²) in [6.07, 6.45) is 11.4. The SMILES string of the molecule is CO[C@H]1Cc2ccccc2C1NCC[C@@]1(c2ccccn2)CCOC2(CCCC2)C1. The molecule has 1 N–H and O–H groups in total. The summed E-state index contributed by atoms with van der Waals surface area (Å²) >= 11 is 0. The maximum Gasteiger partial charge on any atom is 0.0806 e. The van der Waals surface area contributed by atoms with E-state index in [1.165, 1.54) is 42.5 Å². The van der Waals surface area contributed by atoms with E-state index in [0.29, 0.717) is 0 Å². The minimum absolute atomic E-state index is 0.0742. The van der Waals surface area contributed by atoms with Gasteiger partial charge < -0.3 is 14.8 Å². The lowest BCUT2D eigenvalue weighted by molar-refractivity contribution is -0.104. The van der Waals surface area contributed by atoms with Crippen LogP contribution in [-0.4, -0.2) is 37.0 Å². The Kier molecular flexibility index (Phi) is 5.65. The molecule has 1 aromatic heterocycles. The molecule has 2 aromatic rings. The molecule has 3 aliphatic rings. The monoisotopic (exact) mass is 406 g/mol. The van der Waals surface area contributed by atoms with Gasteiger partial charge in [-0.1, -0.05) is 43.2 Å². The third-order valence-corrected chi connectivity index (χ3v) is 7.83. The fraction of sp³-hybridized carbons (Fsp3) is 0.577. The van der Waals surface area contributed by atoms with Gasteiger partial charge >= 0.3 is 0 Å². The lowest BCUT2D eigenvalue weighted by Crippen LogP contribution is -2.47. The fourth-order valence-corrected chi connectivity index (χ4v) is 6.28. The van der Waals surface area contributed by atoms with E-state index >= 15 is 0 Å². The second kappa shape index (κ2) is 8.41. The lowest BCUT2D eigenvalue weighted by atomic mass is 9.68. The Balaban J connectivity index is 1.35. The zero-order valence-electron chi connectivity index (χ0n) is 18.1. The first-order chi connectivity index (χ1) is 14.7. The average molecular weight is 407 g/mol. The first kappa shape index (κ1) is 20.2. The van der Waals surface area contributed by atoms with Gasteiger partial charge in [0.05, 0.1) is 17.7 Å². The van der Waals surface area contributed by atoms with Gasteiger partial charge in [-0.2, -0.15) is 0 Å². The van der Waals surface area contributed by atoms with E-state index in [-0.39, 0.29) is 23.2 Å². The van der Waals surface area contributed by atoms with E-state index in [1.807, 2.05) is 19.4 Å². The van der Waals surface area contributed by atoms with Crippen LogP contribution in [0.15, 0.2) is 48.7 Å². The van der Waals surface area contributed by atoms with Crippen molar-refractivity contribution in [1.82, 2.24) is 10.3 Å². The van der Waals surface area contributed by atoms with Crippen LogP contribution in [-0.2, 0) is 21.3 Å². The Labute approximate surface area is 180 Å². The van der Waals surface area contributed by atoms with Crippen molar-refractivity contribution in [2.75, 3.05) is 20.3 Å². The van der Waals surface area contributed by atoms with E-state index in [1.54, 1.807) is 0 Å². The quantitative estimate of drug-likeness (QED) is 0.753. The van der Waals surface area contributed by atoms with Gasteiger partial charge in [0.15, 0.2) is 0 Å². The van der Waals surface area contributed by atoms with Crippen LogP contribution >= 0.6 is 0 Å². The van der Waals surface area contributed by atoms with Crippen LogP contribution in [0.25, 0.3) is 0 Å². The highest BCUT2D eigenvalue weighted by Crippen LogP contribution is 2.49. The minimum atomic E-state index is 0.0742. The van der Waals surface area contributed by atoms with Crippen molar-refractivity contribution < 1.29 is 9.47 Å². The Morgan fingerprint density at radius 3 is 2.73 bits per heavy atom. The third-order valence-electron chi connectivity index (χ3n) is 7.83. The number of hydrogen-bond donors (Lipinski definition) is 1. The maximum absolute atomic E-state index is 6.40. The normalized spacial score (nSPS) is 29.9. The van der Waals surface area contributed by atoms with Crippen molar-refractivity contribution in [3.63, 3.8) is 0 Å². The Morgan fingerprint density at radius 1 is 1.10 bits per heavy atom. The molecule has 4 nitrogen and oxygen atoms in total. The molecule has 1 spiro atoms. The maximum atomic E-state index is 6.40. The van der Waals surface area contributed by atoms with Gasteiger partial charge in [-0.05, 0) is 61.9 Å². The number of ether oxygens (including phenoxy) is 2. The number of methoxy groups -OCH3 is 1. The first-order valence-corrected chi connectivity index (χ1v) is 11.6. The Morgan fingerprint density at radius 2 is 1.93 bits per heavy atom. The second-order valence-electron chi connectivity index (χ2n) is 9.52. The van der Waals surface area contributed by atoms with Crippen LogP contribution in [0.2, 0.25) is 0 Å². The van der Waals surface area contributed by atoms with Crippen LogP contribution in [0.3, 0.4) is 0 Å². The number of benzene rings is 1. The number of nitrogens with one attached hydrogen (secondary N) is 1. The molecule has 0 amide bonds. The molecule has 160 valence electrons. The zero-order chi connectivity index (χ0) is 20.4. The Hall–Kier alpha value is -1.75. The van der Waals surface area contributed by atoms with Gasteiger partial charge in [0.2, 0.25) is 0 Å². The van der Waals surface area contributed by atoms with Crippen molar-refractivity contribution >= 4 is 0 Å². The van der Waals surface area contributed by atoms with Crippen molar-refractivity contribution in [1.29, 1.82) is 0 Å². The summed E-state index contributed by atoms with van der Waals surface area (Å²) in [7, 11) is 1.84. The minimum Gasteiger partial charge on any atom is -0.379 e. The smallest absolute Gasteiger partial charge is 0.0806 e. The van der Waals surface area contributed by atoms with Crippen LogP contribution in [0.1, 0.15) is 67.8 Å². The molecule has 1 saturated carbocycles. The summed E-state index contributed by atoms with van der Waals surface area (Å²) in [6, 6.07) is 15.4. The molecule has 30 heavy (non-hydrogen) atoms. The van der Waals surface area contributed by atoms with Crippen molar-refractivity contribution in [2.45, 2.75) is 74.5 Å². The van der Waals surface area contributed by atoms with Gasteiger partial charge in [-0.25, -0.2) is 0 Å². The molecule has 2 aliphatic carbocycles. The van der Waals surface area contributed by atoms with Crippen LogP contribution in [0, 0.1) is 0 Å². The highest BCUT2D eigenvalue weighted by molar-refractivity contribution is 5.36. The summed E-state index contributed by atoms with van der Waals surface area (Å²) < 4.78 is 12.2. The summed E-state index contributed by atoms with van der Waals surface area (Å²) in [5, 5.41) is 3.87. The van der Waals surface area contributed by atoms with E-state index in [4.69, 9.17) is 14.5 Å². The highest BCUT2D eigenvalue weighted by Gasteiger charge is 2.48. The molecular weight excluding hydrogens is 372 g/mol. The van der Waals surface area contributed by atoms with Crippen molar-refractivity contribution in [2.24, 2.45) is 0 Å². The van der Waals surface area contributed by atoms with E-state index in [9.17, 15) is 0 Å². The Bertz CT molecular complexity index is 849. The summed E-state index contributed by atoms with van der Waals surface area (Å²) in [4.78, 5) is 4.84. The molecule has 1 aliphatic heterocycles. The van der Waals surface area contributed by atoms with E-state index in [2.05, 4.69) is 41.7 Å². The molecular formula is C26H34N2O2. The number of rotatable bonds is 6. The van der Waals surface area contributed by atoms with Gasteiger partial charge in [0.1, 0.15) is 0 Å². The van der Waals surface area contributed by atoms with Gasteiger partial charge in [0.25, 0.3) is 0 Å². The standard InChI is InChI=1S/C26H34N2O2/c1-29-22-18-20-8-2-3-9-21(20)24(22)28-16-13-25(23-10-4-7-15-27-23)14-17-30-26(19-25)11-5-6-12-26/h2-4,7-10,15,22,24,28H,5-6,11-14,16-19H2,1H3/t22-,24?,25+/m0/s1. The number of aromatic nitrogens is 1. The molecule has 1 saturated heterocycles. The zero-order valence-corrected chi connectivity index (χ0v) is 18.1. The second-order valence-corrected chi connectivity index (χ2v) is 9.52. The summed E-state index contributed by atoms with van der Waals surface area (Å²) in [5.74, 6) is 0. The third kappa shape index (κ3) is 3.70. The molecule has 0 radical (unpaired) electrons. The molecule has 1 unspecified atom stereocenters. The molecule has 2 heterocycles. The molecule has 5 rings (SSSR count). The molecule has 1 aromatic carbocycles. The van der Waals surface area contributed by atoms with Crippen LogP contribution in [0.5, 0.6) is 0 Å². The number of fused-ring (bicyclic) bond motifs is 1. The summed E-state index contributed by atoms with van der Waals surface area (Å²) in [6.45, 7) is 1.81. The van der Waals surface area contributed by atoms with Gasteiger partial charge in [-0.3, -0.25) is 4.98 Å². The number of nitrogens with zero attached hydrogens (tertiary/aromatic N) is 1. The molecule has 2 fully saturated rings. The number of pyridine rings is 1. The predicted molar refractivity (Wildman–Crippen MR) is 119 cm³/mol. The predicted octanol–water partition coefficient (Wildman–Crippen LogP) is 4.73. The van der Waals surface area contributed by atoms with Crippen LogP contribution < -0.4 is 5.32 Å². The van der Waals surface area contributed by atoms with Crippen molar-refractivity contribution in [3.05, 3.63) is 65.5 Å². The highest BCUT2D eigenvalue weighted by atomic mass is 16.5. The molecule has 0 bridgehead atoms. The topological polar surface area (TPSA) is 43.4 Å². The largest absolute Gasteiger partial charge is 0.379 e. The fourth-order valence-electron chi connectivity index (χ4n) is 6.28. The lowest BCUT2D eigenvalue weighted by Gasteiger charge is -2.46. The average Bonchev–Trinajstić information content (AvgIpc) is 3.39. The number of hydrogen-bond acceptors (Lipinski definition) is 4. The van der Waals surface area contributed by atoms with Crippen molar-refractivity contribution in [3.8, 4) is 0 Å². The molecule has 3 atom stereocenters. The summed E-state index contributed by atoms with van der Waals surface area (Å²) in [5.41, 5.74) is 4.23. The van der Waals surface area contributed by atoms with E-state index < -0.39 is 0 Å². The van der Waals surface area contributed by atoms with Gasteiger partial charge in [0, 0.05) is 37.4 Å². The van der Waals surface area contributed by atoms with Crippen LogP contribution in [0.4, 0.5) is 0 Å².